The normalized spacial score (nSPS) is 12.3. The summed E-state index contributed by atoms with van der Waals surface area (Å²) in [5, 5.41) is 5.47. The predicted octanol–water partition coefficient (Wildman–Crippen LogP) is 8.63. The molecule has 0 aliphatic carbocycles. The molecule has 6 aromatic carbocycles. The van der Waals surface area contributed by atoms with E-state index in [-0.39, 0.29) is 0 Å². The summed E-state index contributed by atoms with van der Waals surface area (Å²) in [5.74, 6) is -1.00. The van der Waals surface area contributed by atoms with E-state index >= 15 is 0 Å². The minimum absolute atomic E-state index is 0.314. The fraction of sp³-hybridized carbons (Fsp3) is 0.0323. The molecule has 39 heavy (non-hydrogen) atoms. The molecule has 8 heteroatoms. The summed E-state index contributed by atoms with van der Waals surface area (Å²) in [6, 6.07) is 32.7. The van der Waals surface area contributed by atoms with Crippen LogP contribution in [0.25, 0.3) is 54.6 Å². The fourth-order valence-electron chi connectivity index (χ4n) is 5.17. The summed E-state index contributed by atoms with van der Waals surface area (Å²) in [4.78, 5) is -0.968. The second-order valence-corrected chi connectivity index (χ2v) is 10.5. The van der Waals surface area contributed by atoms with Crippen LogP contribution in [0.15, 0.2) is 114 Å². The van der Waals surface area contributed by atoms with E-state index in [1.54, 1.807) is 0 Å². The van der Waals surface area contributed by atoms with Gasteiger partial charge in [0.05, 0.1) is 0 Å². The van der Waals surface area contributed by atoms with E-state index in [1.165, 1.54) is 6.07 Å². The van der Waals surface area contributed by atoms with Gasteiger partial charge >= 0.3 is 6.36 Å². The Balaban J connectivity index is 1.68. The quantitative estimate of drug-likeness (QED) is 0.178. The van der Waals surface area contributed by atoms with Gasteiger partial charge in [-0.05, 0) is 72.8 Å². The Kier molecular flexibility index (Phi) is 5.82. The van der Waals surface area contributed by atoms with E-state index in [1.807, 2.05) is 72.8 Å². The van der Waals surface area contributed by atoms with Crippen LogP contribution >= 0.6 is 0 Å². The Morgan fingerprint density at radius 2 is 1.05 bits per heavy atom. The van der Waals surface area contributed by atoms with Crippen LogP contribution < -0.4 is 4.74 Å². The van der Waals surface area contributed by atoms with Gasteiger partial charge in [0.25, 0.3) is 10.1 Å². The van der Waals surface area contributed by atoms with Gasteiger partial charge in [-0.15, -0.1) is 13.2 Å². The lowest BCUT2D eigenvalue weighted by Crippen LogP contribution is -2.19. The SMILES string of the molecule is O=S(=O)(O)c1cc(-c2c3ccccc3c(-c3ccc4ccccc4c3)c3ccccc23)ccc1OC(F)(F)F. The molecule has 0 amide bonds. The number of hydrogen-bond donors (Lipinski definition) is 1. The summed E-state index contributed by atoms with van der Waals surface area (Å²) < 4.78 is 76.7. The molecular weight excluding hydrogens is 525 g/mol. The van der Waals surface area contributed by atoms with Gasteiger partial charge in [-0.2, -0.15) is 8.42 Å². The van der Waals surface area contributed by atoms with Gasteiger partial charge in [0.15, 0.2) is 5.75 Å². The molecular formula is C31H19F3O4S. The highest BCUT2D eigenvalue weighted by Crippen LogP contribution is 2.45. The molecule has 0 aliphatic rings. The van der Waals surface area contributed by atoms with Gasteiger partial charge in [-0.1, -0.05) is 91.0 Å². The number of halogens is 3. The molecule has 1 N–H and O–H groups in total. The van der Waals surface area contributed by atoms with Gasteiger partial charge in [-0.3, -0.25) is 4.55 Å². The Morgan fingerprint density at radius 1 is 0.590 bits per heavy atom. The van der Waals surface area contributed by atoms with Crippen molar-refractivity contribution in [1.29, 1.82) is 0 Å². The van der Waals surface area contributed by atoms with E-state index in [0.717, 1.165) is 55.6 Å². The van der Waals surface area contributed by atoms with Crippen molar-refractivity contribution < 1.29 is 30.9 Å². The van der Waals surface area contributed by atoms with Gasteiger partial charge in [-0.25, -0.2) is 0 Å². The van der Waals surface area contributed by atoms with Crippen molar-refractivity contribution >= 4 is 42.4 Å². The third-order valence-corrected chi connectivity index (χ3v) is 7.58. The zero-order chi connectivity index (χ0) is 27.4. The highest BCUT2D eigenvalue weighted by atomic mass is 32.2. The van der Waals surface area contributed by atoms with Gasteiger partial charge < -0.3 is 4.74 Å². The molecule has 0 heterocycles. The lowest BCUT2D eigenvalue weighted by Gasteiger charge is -2.19. The molecule has 0 radical (unpaired) electrons. The summed E-state index contributed by atoms with van der Waals surface area (Å²) in [6.07, 6.45) is -5.14. The van der Waals surface area contributed by atoms with E-state index in [0.29, 0.717) is 11.1 Å². The Hall–Kier alpha value is -4.40. The summed E-state index contributed by atoms with van der Waals surface area (Å²) >= 11 is 0. The van der Waals surface area contributed by atoms with Crippen LogP contribution in [0.3, 0.4) is 0 Å². The zero-order valence-corrected chi connectivity index (χ0v) is 20.9. The topological polar surface area (TPSA) is 63.6 Å². The number of hydrogen-bond acceptors (Lipinski definition) is 3. The fourth-order valence-corrected chi connectivity index (χ4v) is 5.81. The standard InChI is InChI=1S/C31H19F3O4S/c32-31(33,34)38-27-16-15-22(18-28(27)39(35,36)37)30-25-11-5-3-9-23(25)29(24-10-4-6-12-26(24)30)21-14-13-19-7-1-2-8-20(19)17-21/h1-18H,(H,35,36,37). The summed E-state index contributed by atoms with van der Waals surface area (Å²) in [6.45, 7) is 0. The van der Waals surface area contributed by atoms with E-state index < -0.39 is 27.1 Å². The third kappa shape index (κ3) is 4.58. The van der Waals surface area contributed by atoms with Crippen LogP contribution in [0, 0.1) is 0 Å². The molecule has 194 valence electrons. The van der Waals surface area contributed by atoms with Crippen LogP contribution in [0.5, 0.6) is 5.75 Å². The molecule has 0 atom stereocenters. The molecule has 4 nitrogen and oxygen atoms in total. The van der Waals surface area contributed by atoms with Gasteiger partial charge in [0.2, 0.25) is 0 Å². The summed E-state index contributed by atoms with van der Waals surface area (Å²) in [7, 11) is -5.04. The number of alkyl halides is 3. The van der Waals surface area contributed by atoms with E-state index in [9.17, 15) is 26.1 Å². The van der Waals surface area contributed by atoms with Crippen molar-refractivity contribution in [3.05, 3.63) is 109 Å². The van der Waals surface area contributed by atoms with Crippen LogP contribution in [-0.4, -0.2) is 19.3 Å². The van der Waals surface area contributed by atoms with Gasteiger partial charge in [0.1, 0.15) is 4.90 Å². The maximum absolute atomic E-state index is 13.0. The molecule has 0 fully saturated rings. The van der Waals surface area contributed by atoms with Crippen molar-refractivity contribution in [1.82, 2.24) is 0 Å². The first-order valence-electron chi connectivity index (χ1n) is 11.9. The first-order chi connectivity index (χ1) is 18.6. The molecule has 0 saturated heterocycles. The molecule has 6 rings (SSSR count). The van der Waals surface area contributed by atoms with E-state index in [4.69, 9.17) is 0 Å². The lowest BCUT2D eigenvalue weighted by molar-refractivity contribution is -0.275. The molecule has 0 saturated carbocycles. The van der Waals surface area contributed by atoms with Crippen molar-refractivity contribution in [3.63, 3.8) is 0 Å². The highest BCUT2D eigenvalue weighted by molar-refractivity contribution is 7.86. The number of benzene rings is 6. The highest BCUT2D eigenvalue weighted by Gasteiger charge is 2.34. The zero-order valence-electron chi connectivity index (χ0n) is 20.1. The van der Waals surface area contributed by atoms with Crippen molar-refractivity contribution in [2.75, 3.05) is 0 Å². The van der Waals surface area contributed by atoms with Crippen LogP contribution in [0.4, 0.5) is 13.2 Å². The second-order valence-electron chi connectivity index (χ2n) is 9.09. The van der Waals surface area contributed by atoms with Crippen molar-refractivity contribution in [3.8, 4) is 28.0 Å². The van der Waals surface area contributed by atoms with Crippen LogP contribution in [0.2, 0.25) is 0 Å². The maximum Gasteiger partial charge on any atom is 0.573 e. The molecule has 0 bridgehead atoms. The first-order valence-corrected chi connectivity index (χ1v) is 13.3. The lowest BCUT2D eigenvalue weighted by atomic mass is 9.85. The largest absolute Gasteiger partial charge is 0.573 e. The van der Waals surface area contributed by atoms with Crippen LogP contribution in [-0.2, 0) is 10.1 Å². The molecule has 0 spiro atoms. The molecule has 0 aliphatic heterocycles. The smallest absolute Gasteiger partial charge is 0.404 e. The van der Waals surface area contributed by atoms with Crippen LogP contribution in [0.1, 0.15) is 0 Å². The third-order valence-electron chi connectivity index (χ3n) is 6.71. The van der Waals surface area contributed by atoms with Crippen molar-refractivity contribution in [2.45, 2.75) is 11.3 Å². The molecule has 0 unspecified atom stereocenters. The maximum atomic E-state index is 13.0. The number of fused-ring (bicyclic) bond motifs is 3. The second kappa shape index (κ2) is 9.11. The van der Waals surface area contributed by atoms with Crippen molar-refractivity contribution in [2.24, 2.45) is 0 Å². The first kappa shape index (κ1) is 24.9. The minimum atomic E-state index is -5.14. The van der Waals surface area contributed by atoms with Gasteiger partial charge in [0, 0.05) is 0 Å². The molecule has 0 aromatic heterocycles. The summed E-state index contributed by atoms with van der Waals surface area (Å²) in [5.41, 5.74) is 2.90. The average Bonchev–Trinajstić information content (AvgIpc) is 2.90. The average molecular weight is 545 g/mol. The number of ether oxygens (including phenoxy) is 1. The Morgan fingerprint density at radius 3 is 1.56 bits per heavy atom. The predicted molar refractivity (Wildman–Crippen MR) is 146 cm³/mol. The Bertz CT molecular complexity index is 1960. The minimum Gasteiger partial charge on any atom is -0.404 e. The monoisotopic (exact) mass is 544 g/mol. The number of rotatable bonds is 4. The Labute approximate surface area is 221 Å². The molecule has 6 aromatic rings. The van der Waals surface area contributed by atoms with E-state index in [2.05, 4.69) is 22.9 Å².